The van der Waals surface area contributed by atoms with Crippen LogP contribution in [-0.2, 0) is 0 Å². The predicted octanol–water partition coefficient (Wildman–Crippen LogP) is 3.47. The van der Waals surface area contributed by atoms with Crippen molar-refractivity contribution in [1.82, 2.24) is 4.90 Å². The number of nitrogens with zero attached hydrogens (tertiary/aromatic N) is 1. The van der Waals surface area contributed by atoms with Crippen LogP contribution in [0.2, 0.25) is 0 Å². The van der Waals surface area contributed by atoms with E-state index in [2.05, 4.69) is 34.7 Å². The Labute approximate surface area is 122 Å². The molecular weight excluding hydrogens is 242 g/mol. The fourth-order valence-corrected chi connectivity index (χ4v) is 2.08. The Hall–Kier alpha value is -1.96. The zero-order valence-corrected chi connectivity index (χ0v) is 12.3. The lowest BCUT2D eigenvalue weighted by molar-refractivity contribution is 0.409. The molecule has 0 spiro atoms. The molecule has 1 aliphatic rings. The van der Waals surface area contributed by atoms with Crippen LogP contribution in [0.4, 0.5) is 0 Å². The van der Waals surface area contributed by atoms with Crippen molar-refractivity contribution in [2.75, 3.05) is 14.1 Å². The van der Waals surface area contributed by atoms with Gasteiger partial charge in [0.25, 0.3) is 0 Å². The van der Waals surface area contributed by atoms with Crippen LogP contribution in [0.1, 0.15) is 31.2 Å². The van der Waals surface area contributed by atoms with E-state index < -0.39 is 0 Å². The van der Waals surface area contributed by atoms with Crippen LogP contribution >= 0.6 is 0 Å². The van der Waals surface area contributed by atoms with E-state index in [4.69, 9.17) is 0 Å². The van der Waals surface area contributed by atoms with Crippen LogP contribution in [0.15, 0.2) is 42.0 Å². The number of hydrogen-bond acceptors (Lipinski definition) is 1. The normalized spacial score (nSPS) is 15.4. The van der Waals surface area contributed by atoms with Gasteiger partial charge in [0.05, 0.1) is 0 Å². The molecule has 1 unspecified atom stereocenters. The molecule has 2 rings (SSSR count). The largest absolute Gasteiger partial charge is 0.286 e. The maximum atomic E-state index is 3.31. The molecule has 0 N–H and O–H groups in total. The second kappa shape index (κ2) is 7.59. The summed E-state index contributed by atoms with van der Waals surface area (Å²) in [6, 6.07) is 10.1. The van der Waals surface area contributed by atoms with E-state index in [1.54, 1.807) is 0 Å². The van der Waals surface area contributed by atoms with Gasteiger partial charge in [0, 0.05) is 5.56 Å². The maximum Gasteiger partial charge on any atom is 0.134 e. The monoisotopic (exact) mass is 263 g/mol. The molecule has 102 valence electrons. The smallest absolute Gasteiger partial charge is 0.134 e. The van der Waals surface area contributed by atoms with Crippen LogP contribution in [0.25, 0.3) is 0 Å². The minimum Gasteiger partial charge on any atom is -0.286 e. The van der Waals surface area contributed by atoms with Crippen molar-refractivity contribution < 1.29 is 0 Å². The molecule has 1 nitrogen and oxygen atoms in total. The Bertz CT molecular complexity index is 573. The fourth-order valence-electron chi connectivity index (χ4n) is 2.08. The second-order valence-electron chi connectivity index (χ2n) is 5.25. The molecule has 0 aromatic heterocycles. The van der Waals surface area contributed by atoms with Gasteiger partial charge in [-0.15, -0.1) is 0 Å². The Balaban J connectivity index is 2.11. The summed E-state index contributed by atoms with van der Waals surface area (Å²) < 4.78 is 0. The van der Waals surface area contributed by atoms with Crippen LogP contribution < -0.4 is 0 Å². The van der Waals surface area contributed by atoms with Crippen LogP contribution in [0.3, 0.4) is 0 Å². The lowest BCUT2D eigenvalue weighted by atomic mass is 10.00. The summed E-state index contributed by atoms with van der Waals surface area (Å²) in [6.07, 6.45) is 7.14. The van der Waals surface area contributed by atoms with Crippen LogP contribution in [0, 0.1) is 23.7 Å². The van der Waals surface area contributed by atoms with Gasteiger partial charge in [-0.25, -0.2) is 0 Å². The molecule has 20 heavy (non-hydrogen) atoms. The number of hydrogen-bond donors (Lipinski definition) is 0. The second-order valence-corrected chi connectivity index (χ2v) is 5.25. The Kier molecular flexibility index (Phi) is 5.48. The number of rotatable bonds is 1. The molecule has 1 atom stereocenters. The first-order valence-electron chi connectivity index (χ1n) is 7.19. The van der Waals surface area contributed by atoms with E-state index in [1.807, 2.05) is 44.4 Å². The van der Waals surface area contributed by atoms with E-state index in [-0.39, 0.29) is 6.04 Å². The average Bonchev–Trinajstić information content (AvgIpc) is 2.49. The highest BCUT2D eigenvalue weighted by atomic mass is 15.1. The fraction of sp³-hybridized carbons (Fsp3) is 0.368. The molecule has 1 heteroatoms. The van der Waals surface area contributed by atoms with Crippen molar-refractivity contribution in [2.45, 2.75) is 31.7 Å². The summed E-state index contributed by atoms with van der Waals surface area (Å²) in [6.45, 7) is 0. The topological polar surface area (TPSA) is 3.24 Å². The molecule has 0 heterocycles. The molecule has 0 saturated heterocycles. The van der Waals surface area contributed by atoms with Gasteiger partial charge in [0.15, 0.2) is 0 Å². The van der Waals surface area contributed by atoms with Gasteiger partial charge in [0.2, 0.25) is 0 Å². The first-order chi connectivity index (χ1) is 9.75. The van der Waals surface area contributed by atoms with Crippen molar-refractivity contribution in [2.24, 2.45) is 0 Å². The Morgan fingerprint density at radius 3 is 2.40 bits per heavy atom. The minimum absolute atomic E-state index is 0.0157. The zero-order chi connectivity index (χ0) is 14.2. The van der Waals surface area contributed by atoms with Crippen molar-refractivity contribution in [3.8, 4) is 23.7 Å². The summed E-state index contributed by atoms with van der Waals surface area (Å²) >= 11 is 0. The highest BCUT2D eigenvalue weighted by Gasteiger charge is 2.04. The third-order valence-electron chi connectivity index (χ3n) is 3.30. The van der Waals surface area contributed by atoms with Gasteiger partial charge < -0.3 is 0 Å². The first kappa shape index (κ1) is 14.4. The standard InChI is InChI=1S/C19H21N/c1-20(2)19(15-13-17-9-5-3-6-10-17)16-14-18-11-7-4-8-12-18/h3,5-6,9-11,19H,4,7-8,12H2,1-2H3. The first-order valence-corrected chi connectivity index (χ1v) is 7.19. The Morgan fingerprint density at radius 2 is 1.75 bits per heavy atom. The van der Waals surface area contributed by atoms with Gasteiger partial charge in [-0.2, -0.15) is 0 Å². The Morgan fingerprint density at radius 1 is 1.00 bits per heavy atom. The maximum absolute atomic E-state index is 3.31. The molecule has 0 bridgehead atoms. The van der Waals surface area contributed by atoms with Gasteiger partial charge in [-0.05, 0) is 57.5 Å². The molecule has 0 saturated carbocycles. The molecule has 0 aliphatic heterocycles. The highest BCUT2D eigenvalue weighted by molar-refractivity contribution is 5.39. The van der Waals surface area contributed by atoms with E-state index in [0.717, 1.165) is 12.0 Å². The van der Waals surface area contributed by atoms with Crippen LogP contribution in [0.5, 0.6) is 0 Å². The van der Waals surface area contributed by atoms with Crippen molar-refractivity contribution in [1.29, 1.82) is 0 Å². The predicted molar refractivity (Wildman–Crippen MR) is 85.1 cm³/mol. The minimum atomic E-state index is -0.0157. The van der Waals surface area contributed by atoms with Gasteiger partial charge in [0.1, 0.15) is 6.04 Å². The van der Waals surface area contributed by atoms with Gasteiger partial charge in [-0.1, -0.05) is 48.0 Å². The third-order valence-corrected chi connectivity index (χ3v) is 3.30. The van der Waals surface area contributed by atoms with Crippen molar-refractivity contribution in [3.63, 3.8) is 0 Å². The summed E-state index contributed by atoms with van der Waals surface area (Å²) in [5.41, 5.74) is 2.32. The zero-order valence-electron chi connectivity index (χ0n) is 12.3. The van der Waals surface area contributed by atoms with E-state index in [1.165, 1.54) is 24.8 Å². The molecular formula is C19H21N. The summed E-state index contributed by atoms with van der Waals surface area (Å²) in [5.74, 6) is 13.0. The van der Waals surface area contributed by atoms with Crippen LogP contribution in [-0.4, -0.2) is 25.0 Å². The van der Waals surface area contributed by atoms with E-state index in [9.17, 15) is 0 Å². The SMILES string of the molecule is CN(C)C(C#CC1=CCCCC1)C#Cc1ccccc1. The van der Waals surface area contributed by atoms with Gasteiger partial charge >= 0.3 is 0 Å². The summed E-state index contributed by atoms with van der Waals surface area (Å²) in [7, 11) is 4.04. The lowest BCUT2D eigenvalue weighted by Crippen LogP contribution is -2.24. The quantitative estimate of drug-likeness (QED) is 0.701. The number of benzene rings is 1. The molecule has 0 fully saturated rings. The lowest BCUT2D eigenvalue weighted by Gasteiger charge is -2.13. The van der Waals surface area contributed by atoms with E-state index >= 15 is 0 Å². The molecule has 1 aromatic rings. The third kappa shape index (κ3) is 4.61. The van der Waals surface area contributed by atoms with Gasteiger partial charge in [-0.3, -0.25) is 4.90 Å². The highest BCUT2D eigenvalue weighted by Crippen LogP contribution is 2.16. The summed E-state index contributed by atoms with van der Waals surface area (Å²) in [5, 5.41) is 0. The molecule has 0 amide bonds. The number of allylic oxidation sites excluding steroid dienone is 2. The van der Waals surface area contributed by atoms with Crippen molar-refractivity contribution in [3.05, 3.63) is 47.5 Å². The average molecular weight is 263 g/mol. The summed E-state index contributed by atoms with van der Waals surface area (Å²) in [4.78, 5) is 2.06. The molecule has 1 aliphatic carbocycles. The van der Waals surface area contributed by atoms with E-state index in [0.29, 0.717) is 0 Å². The van der Waals surface area contributed by atoms with Crippen molar-refractivity contribution >= 4 is 0 Å². The molecule has 1 aromatic carbocycles. The molecule has 0 radical (unpaired) electrons.